The quantitative estimate of drug-likeness (QED) is 0.763. The van der Waals surface area contributed by atoms with E-state index in [4.69, 9.17) is 0 Å². The van der Waals surface area contributed by atoms with Crippen molar-refractivity contribution < 1.29 is 4.79 Å². The van der Waals surface area contributed by atoms with Gasteiger partial charge in [-0.15, -0.1) is 0 Å². The predicted octanol–water partition coefficient (Wildman–Crippen LogP) is 0.907. The molecule has 2 heterocycles. The molecule has 1 saturated heterocycles. The molecule has 4 nitrogen and oxygen atoms in total. The normalized spacial score (nSPS) is 17.6. The molecule has 1 aliphatic rings. The second-order valence-electron chi connectivity index (χ2n) is 3.99. The van der Waals surface area contributed by atoms with E-state index < -0.39 is 0 Å². The lowest BCUT2D eigenvalue weighted by Crippen LogP contribution is -2.38. The van der Waals surface area contributed by atoms with Crippen LogP contribution in [0.25, 0.3) is 0 Å². The topological polar surface area (TPSA) is 45.2 Å². The molecular formula is C12H17N3O. The number of carbonyl (C=O) groups is 1. The lowest BCUT2D eigenvalue weighted by atomic mass is 10.2. The number of carbonyl (C=O) groups excluding carboxylic acids is 1. The highest BCUT2D eigenvalue weighted by Gasteiger charge is 2.15. The van der Waals surface area contributed by atoms with Crippen LogP contribution in [0.2, 0.25) is 0 Å². The van der Waals surface area contributed by atoms with E-state index in [0.717, 1.165) is 39.0 Å². The minimum absolute atomic E-state index is 0.106. The zero-order valence-corrected chi connectivity index (χ0v) is 9.35. The van der Waals surface area contributed by atoms with Crippen LogP contribution in [-0.4, -0.2) is 42.0 Å². The first kappa shape index (κ1) is 11.1. The van der Waals surface area contributed by atoms with Crippen molar-refractivity contribution in [2.24, 2.45) is 0 Å². The van der Waals surface area contributed by atoms with E-state index in [1.54, 1.807) is 18.5 Å². The summed E-state index contributed by atoms with van der Waals surface area (Å²) in [6, 6.07) is 3.63. The van der Waals surface area contributed by atoms with Crippen LogP contribution in [0.3, 0.4) is 0 Å². The van der Waals surface area contributed by atoms with Crippen molar-refractivity contribution in [1.29, 1.82) is 0 Å². The Hall–Kier alpha value is -1.42. The van der Waals surface area contributed by atoms with Crippen molar-refractivity contribution in [3.8, 4) is 0 Å². The summed E-state index contributed by atoms with van der Waals surface area (Å²) >= 11 is 0. The maximum atomic E-state index is 12.1. The number of nitrogens with one attached hydrogen (secondary N) is 1. The summed E-state index contributed by atoms with van der Waals surface area (Å²) in [6.45, 7) is 3.66. The molecule has 0 aliphatic carbocycles. The van der Waals surface area contributed by atoms with Crippen LogP contribution < -0.4 is 5.32 Å². The monoisotopic (exact) mass is 219 g/mol. The van der Waals surface area contributed by atoms with Gasteiger partial charge in [-0.2, -0.15) is 0 Å². The minimum atomic E-state index is 0.106. The Balaban J connectivity index is 2.02. The minimum Gasteiger partial charge on any atom is -0.339 e. The molecule has 4 heteroatoms. The molecule has 1 N–H and O–H groups in total. The highest BCUT2D eigenvalue weighted by molar-refractivity contribution is 5.93. The summed E-state index contributed by atoms with van der Waals surface area (Å²) in [4.78, 5) is 18.0. The van der Waals surface area contributed by atoms with Gasteiger partial charge >= 0.3 is 0 Å². The van der Waals surface area contributed by atoms with Gasteiger partial charge in [-0.05, 0) is 38.1 Å². The standard InChI is InChI=1S/C12H17N3O/c16-12(11-4-1-5-14-10-11)15-8-2-6-13-7-3-9-15/h1,4-5,10,13H,2-3,6-9H2. The van der Waals surface area contributed by atoms with Crippen molar-refractivity contribution in [2.45, 2.75) is 12.8 Å². The van der Waals surface area contributed by atoms with E-state index >= 15 is 0 Å². The fourth-order valence-electron chi connectivity index (χ4n) is 1.90. The number of amides is 1. The zero-order valence-electron chi connectivity index (χ0n) is 9.35. The molecule has 0 atom stereocenters. The largest absolute Gasteiger partial charge is 0.339 e. The third-order valence-electron chi connectivity index (χ3n) is 2.76. The van der Waals surface area contributed by atoms with Gasteiger partial charge in [0.25, 0.3) is 5.91 Å². The Morgan fingerprint density at radius 1 is 1.31 bits per heavy atom. The van der Waals surface area contributed by atoms with Gasteiger partial charge < -0.3 is 10.2 Å². The predicted molar refractivity (Wildman–Crippen MR) is 62.2 cm³/mol. The molecule has 86 valence electrons. The van der Waals surface area contributed by atoms with E-state index in [-0.39, 0.29) is 5.91 Å². The van der Waals surface area contributed by atoms with Crippen LogP contribution in [0.1, 0.15) is 23.2 Å². The molecule has 0 saturated carbocycles. The Bertz CT molecular complexity index is 331. The van der Waals surface area contributed by atoms with Crippen LogP contribution in [0.5, 0.6) is 0 Å². The fourth-order valence-corrected chi connectivity index (χ4v) is 1.90. The van der Waals surface area contributed by atoms with Gasteiger partial charge in [-0.3, -0.25) is 9.78 Å². The van der Waals surface area contributed by atoms with E-state index in [0.29, 0.717) is 5.56 Å². The number of pyridine rings is 1. The molecule has 1 aliphatic heterocycles. The number of rotatable bonds is 1. The number of nitrogens with zero attached hydrogens (tertiary/aromatic N) is 2. The number of aromatic nitrogens is 1. The van der Waals surface area contributed by atoms with Gasteiger partial charge in [-0.25, -0.2) is 0 Å². The van der Waals surface area contributed by atoms with Gasteiger partial charge in [0.1, 0.15) is 0 Å². The Kier molecular flexibility index (Phi) is 3.88. The van der Waals surface area contributed by atoms with Crippen molar-refractivity contribution >= 4 is 5.91 Å². The molecule has 0 bridgehead atoms. The molecule has 16 heavy (non-hydrogen) atoms. The van der Waals surface area contributed by atoms with Gasteiger partial charge in [0.05, 0.1) is 5.56 Å². The average Bonchev–Trinajstić information content (AvgIpc) is 2.29. The lowest BCUT2D eigenvalue weighted by Gasteiger charge is -2.25. The highest BCUT2D eigenvalue weighted by Crippen LogP contribution is 2.05. The summed E-state index contributed by atoms with van der Waals surface area (Å²) in [5.74, 6) is 0.106. The third-order valence-corrected chi connectivity index (χ3v) is 2.76. The first-order chi connectivity index (χ1) is 7.88. The molecule has 0 unspecified atom stereocenters. The van der Waals surface area contributed by atoms with Crippen LogP contribution in [-0.2, 0) is 0 Å². The van der Waals surface area contributed by atoms with Crippen molar-refractivity contribution in [2.75, 3.05) is 26.2 Å². The summed E-state index contributed by atoms with van der Waals surface area (Å²) in [6.07, 6.45) is 5.37. The van der Waals surface area contributed by atoms with Crippen molar-refractivity contribution in [1.82, 2.24) is 15.2 Å². The summed E-state index contributed by atoms with van der Waals surface area (Å²) in [7, 11) is 0. The second kappa shape index (κ2) is 5.61. The smallest absolute Gasteiger partial charge is 0.255 e. The lowest BCUT2D eigenvalue weighted by molar-refractivity contribution is 0.0745. The van der Waals surface area contributed by atoms with Gasteiger partial charge in [0, 0.05) is 25.5 Å². The van der Waals surface area contributed by atoms with Crippen LogP contribution in [0.15, 0.2) is 24.5 Å². The van der Waals surface area contributed by atoms with Gasteiger partial charge in [-0.1, -0.05) is 0 Å². The third kappa shape index (κ3) is 2.79. The Morgan fingerprint density at radius 3 is 2.69 bits per heavy atom. The van der Waals surface area contributed by atoms with E-state index in [1.165, 1.54) is 0 Å². The van der Waals surface area contributed by atoms with E-state index in [1.807, 2.05) is 11.0 Å². The van der Waals surface area contributed by atoms with Crippen molar-refractivity contribution in [3.63, 3.8) is 0 Å². The molecule has 0 spiro atoms. The SMILES string of the molecule is O=C(c1cccnc1)N1CCCNCCC1. The molecule has 0 aromatic carbocycles. The highest BCUT2D eigenvalue weighted by atomic mass is 16.2. The van der Waals surface area contributed by atoms with Crippen LogP contribution in [0, 0.1) is 0 Å². The van der Waals surface area contributed by atoms with E-state index in [9.17, 15) is 4.79 Å². The molecule has 1 amide bonds. The second-order valence-corrected chi connectivity index (χ2v) is 3.99. The summed E-state index contributed by atoms with van der Waals surface area (Å²) in [5, 5.41) is 3.34. The molecule has 0 radical (unpaired) electrons. The summed E-state index contributed by atoms with van der Waals surface area (Å²) < 4.78 is 0. The Labute approximate surface area is 95.7 Å². The number of hydrogen-bond donors (Lipinski definition) is 1. The molecule has 2 rings (SSSR count). The molecule has 1 aromatic rings. The first-order valence-electron chi connectivity index (χ1n) is 5.78. The van der Waals surface area contributed by atoms with Gasteiger partial charge in [0.2, 0.25) is 0 Å². The van der Waals surface area contributed by atoms with Crippen molar-refractivity contribution in [3.05, 3.63) is 30.1 Å². The fraction of sp³-hybridized carbons (Fsp3) is 0.500. The molecule has 1 fully saturated rings. The maximum Gasteiger partial charge on any atom is 0.255 e. The van der Waals surface area contributed by atoms with E-state index in [2.05, 4.69) is 10.3 Å². The summed E-state index contributed by atoms with van der Waals surface area (Å²) in [5.41, 5.74) is 0.691. The number of hydrogen-bond acceptors (Lipinski definition) is 3. The van der Waals surface area contributed by atoms with Crippen LogP contribution in [0.4, 0.5) is 0 Å². The Morgan fingerprint density at radius 2 is 2.06 bits per heavy atom. The average molecular weight is 219 g/mol. The first-order valence-corrected chi connectivity index (χ1v) is 5.78. The van der Waals surface area contributed by atoms with Gasteiger partial charge in [0.15, 0.2) is 0 Å². The molecular weight excluding hydrogens is 202 g/mol. The zero-order chi connectivity index (χ0) is 11.2. The maximum absolute atomic E-state index is 12.1. The van der Waals surface area contributed by atoms with Crippen LogP contribution >= 0.6 is 0 Å². The molecule has 1 aromatic heterocycles.